The van der Waals surface area contributed by atoms with Crippen LogP contribution in [0.15, 0.2) is 30.5 Å². The Kier molecular flexibility index (Phi) is 4.82. The zero-order valence-electron chi connectivity index (χ0n) is 19.0. The van der Waals surface area contributed by atoms with E-state index in [4.69, 9.17) is 0 Å². The van der Waals surface area contributed by atoms with E-state index in [2.05, 4.69) is 97.5 Å². The van der Waals surface area contributed by atoms with Crippen LogP contribution in [-0.2, 0) is 24.3 Å². The summed E-state index contributed by atoms with van der Waals surface area (Å²) in [6.45, 7) is 18.9. The van der Waals surface area contributed by atoms with Crippen molar-refractivity contribution in [3.05, 3.63) is 52.7 Å². The lowest BCUT2D eigenvalue weighted by Gasteiger charge is -2.42. The van der Waals surface area contributed by atoms with Crippen molar-refractivity contribution in [1.29, 1.82) is 0 Å². The number of aromatic nitrogens is 1. The summed E-state index contributed by atoms with van der Waals surface area (Å²) in [6, 6.07) is 9.65. The van der Waals surface area contributed by atoms with Gasteiger partial charge in [-0.15, -0.1) is 0 Å². The quantitative estimate of drug-likeness (QED) is 0.541. The smallest absolute Gasteiger partial charge is 0.201 e. The largest absolute Gasteiger partial charge is 0.212 e. The van der Waals surface area contributed by atoms with Gasteiger partial charge in [0.05, 0.1) is 0 Å². The molecular weight excluding hydrogens is 326 g/mol. The van der Waals surface area contributed by atoms with Crippen molar-refractivity contribution in [3.8, 4) is 11.3 Å². The average Bonchev–Trinajstić information content (AvgIpc) is 2.52. The first-order valence-electron chi connectivity index (χ1n) is 10.4. The zero-order valence-corrected chi connectivity index (χ0v) is 19.0. The van der Waals surface area contributed by atoms with Crippen LogP contribution in [0.5, 0.6) is 0 Å². The van der Waals surface area contributed by atoms with Gasteiger partial charge in [-0.05, 0) is 70.8 Å². The second kappa shape index (κ2) is 6.47. The van der Waals surface area contributed by atoms with Crippen LogP contribution in [0.3, 0.4) is 0 Å². The Balaban J connectivity index is 2.18. The Bertz CT molecular complexity index is 863. The number of pyridine rings is 1. The Labute approximate surface area is 166 Å². The highest BCUT2D eigenvalue weighted by Crippen LogP contribution is 2.47. The van der Waals surface area contributed by atoms with Gasteiger partial charge >= 0.3 is 0 Å². The van der Waals surface area contributed by atoms with E-state index in [0.29, 0.717) is 5.41 Å². The van der Waals surface area contributed by atoms with Crippen molar-refractivity contribution >= 4 is 0 Å². The van der Waals surface area contributed by atoms with Crippen LogP contribution in [-0.4, -0.2) is 0 Å². The van der Waals surface area contributed by atoms with Crippen molar-refractivity contribution in [1.82, 2.24) is 0 Å². The molecule has 0 radical (unpaired) electrons. The first-order chi connectivity index (χ1) is 12.3. The van der Waals surface area contributed by atoms with E-state index < -0.39 is 0 Å². The van der Waals surface area contributed by atoms with Gasteiger partial charge in [-0.3, -0.25) is 0 Å². The van der Waals surface area contributed by atoms with E-state index in [0.717, 1.165) is 6.42 Å². The Morgan fingerprint density at radius 1 is 0.926 bits per heavy atom. The molecule has 146 valence electrons. The number of rotatable bonds is 2. The minimum Gasteiger partial charge on any atom is -0.201 e. The third-order valence-electron chi connectivity index (χ3n) is 6.42. The number of fused-ring (bicyclic) bond motifs is 1. The molecule has 1 aromatic heterocycles. The topological polar surface area (TPSA) is 3.88 Å². The predicted octanol–water partition coefficient (Wildman–Crippen LogP) is 6.42. The molecule has 1 aliphatic rings. The van der Waals surface area contributed by atoms with Gasteiger partial charge in [-0.25, -0.2) is 4.57 Å². The molecule has 0 N–H and O–H groups in total. The molecular formula is C26H38N+. The minimum atomic E-state index is 0.245. The van der Waals surface area contributed by atoms with Crippen molar-refractivity contribution < 1.29 is 4.57 Å². The lowest BCUT2D eigenvalue weighted by atomic mass is 9.62. The standard InChI is InChI=1S/C26H38N/c1-18-14-21-22(26(7,8)12-11-25(21,5)6)16-20(18)23-15-19(10-13-27(23)9)17-24(2,3)4/h10,13-16H,11-12,17H2,1-9H3/q+1. The minimum absolute atomic E-state index is 0.245. The molecule has 1 aliphatic carbocycles. The summed E-state index contributed by atoms with van der Waals surface area (Å²) in [6.07, 6.45) is 5.85. The fourth-order valence-corrected chi connectivity index (χ4v) is 4.60. The molecule has 0 aliphatic heterocycles. The molecule has 0 fully saturated rings. The molecule has 0 spiro atoms. The highest BCUT2D eigenvalue weighted by molar-refractivity contribution is 5.65. The summed E-state index contributed by atoms with van der Waals surface area (Å²) in [4.78, 5) is 0. The molecule has 2 aromatic rings. The maximum Gasteiger partial charge on any atom is 0.212 e. The maximum atomic E-state index is 2.50. The summed E-state index contributed by atoms with van der Waals surface area (Å²) in [7, 11) is 2.17. The molecule has 0 amide bonds. The fourth-order valence-electron chi connectivity index (χ4n) is 4.60. The summed E-state index contributed by atoms with van der Waals surface area (Å²) >= 11 is 0. The molecule has 0 bridgehead atoms. The molecule has 0 saturated carbocycles. The number of hydrogen-bond acceptors (Lipinski definition) is 0. The van der Waals surface area contributed by atoms with Gasteiger partial charge in [0.1, 0.15) is 7.05 Å². The predicted molar refractivity (Wildman–Crippen MR) is 116 cm³/mol. The van der Waals surface area contributed by atoms with E-state index in [1.165, 1.54) is 35.2 Å². The zero-order chi connectivity index (χ0) is 20.2. The van der Waals surface area contributed by atoms with Gasteiger partial charge in [0.2, 0.25) is 5.69 Å². The molecule has 27 heavy (non-hydrogen) atoms. The number of benzene rings is 1. The Hall–Kier alpha value is -1.63. The third kappa shape index (κ3) is 3.98. The van der Waals surface area contributed by atoms with Crippen LogP contribution in [0.4, 0.5) is 0 Å². The monoisotopic (exact) mass is 364 g/mol. The second-order valence-electron chi connectivity index (χ2n) is 11.2. The molecule has 1 heterocycles. The SMILES string of the molecule is Cc1cc2c(cc1-c1cc(CC(C)(C)C)cc[n+]1C)C(C)(C)CCC2(C)C. The van der Waals surface area contributed by atoms with Crippen LogP contribution in [0, 0.1) is 12.3 Å². The highest BCUT2D eigenvalue weighted by atomic mass is 14.9. The molecule has 3 rings (SSSR count). The van der Waals surface area contributed by atoms with Crippen molar-refractivity contribution in [2.75, 3.05) is 0 Å². The maximum absolute atomic E-state index is 2.50. The average molecular weight is 365 g/mol. The van der Waals surface area contributed by atoms with E-state index >= 15 is 0 Å². The molecule has 1 heteroatoms. The first-order valence-corrected chi connectivity index (χ1v) is 10.4. The van der Waals surface area contributed by atoms with Gasteiger partial charge in [-0.2, -0.15) is 0 Å². The Morgan fingerprint density at radius 2 is 1.48 bits per heavy atom. The van der Waals surface area contributed by atoms with Crippen LogP contribution in [0.1, 0.15) is 83.6 Å². The molecule has 0 unspecified atom stereocenters. The number of hydrogen-bond donors (Lipinski definition) is 0. The molecule has 1 aromatic carbocycles. The van der Waals surface area contributed by atoms with E-state index in [1.54, 1.807) is 11.1 Å². The third-order valence-corrected chi connectivity index (χ3v) is 6.42. The summed E-state index contributed by atoms with van der Waals surface area (Å²) < 4.78 is 2.28. The molecule has 0 atom stereocenters. The lowest BCUT2D eigenvalue weighted by Crippen LogP contribution is -2.35. The lowest BCUT2D eigenvalue weighted by molar-refractivity contribution is -0.660. The number of aryl methyl sites for hydroxylation is 2. The summed E-state index contributed by atoms with van der Waals surface area (Å²) in [5, 5.41) is 0. The van der Waals surface area contributed by atoms with Gasteiger partial charge in [0.15, 0.2) is 6.20 Å². The Morgan fingerprint density at radius 3 is 2.04 bits per heavy atom. The summed E-state index contributed by atoms with van der Waals surface area (Å²) in [5.74, 6) is 0. The van der Waals surface area contributed by atoms with Crippen molar-refractivity contribution in [2.24, 2.45) is 12.5 Å². The normalized spacial score (nSPS) is 18.3. The van der Waals surface area contributed by atoms with Gasteiger partial charge in [0.25, 0.3) is 0 Å². The number of nitrogens with zero attached hydrogens (tertiary/aromatic N) is 1. The van der Waals surface area contributed by atoms with Crippen LogP contribution in [0.2, 0.25) is 0 Å². The fraction of sp³-hybridized carbons (Fsp3) is 0.577. The van der Waals surface area contributed by atoms with Crippen LogP contribution < -0.4 is 4.57 Å². The first kappa shape index (κ1) is 20.1. The van der Waals surface area contributed by atoms with E-state index in [-0.39, 0.29) is 10.8 Å². The molecule has 1 nitrogen and oxygen atoms in total. The summed E-state index contributed by atoms with van der Waals surface area (Å²) in [5.41, 5.74) is 9.44. The highest BCUT2D eigenvalue weighted by Gasteiger charge is 2.38. The van der Waals surface area contributed by atoms with E-state index in [1.807, 2.05) is 0 Å². The van der Waals surface area contributed by atoms with Gasteiger partial charge < -0.3 is 0 Å². The van der Waals surface area contributed by atoms with Crippen LogP contribution >= 0.6 is 0 Å². The van der Waals surface area contributed by atoms with E-state index in [9.17, 15) is 0 Å². The molecule has 0 saturated heterocycles. The second-order valence-corrected chi connectivity index (χ2v) is 11.2. The van der Waals surface area contributed by atoms with Crippen LogP contribution in [0.25, 0.3) is 11.3 Å². The van der Waals surface area contributed by atoms with Gasteiger partial charge in [0, 0.05) is 17.7 Å². The van der Waals surface area contributed by atoms with Crippen molar-refractivity contribution in [2.45, 2.75) is 85.5 Å². The van der Waals surface area contributed by atoms with Crippen molar-refractivity contribution in [3.63, 3.8) is 0 Å². The van der Waals surface area contributed by atoms with Gasteiger partial charge in [-0.1, -0.05) is 54.5 Å².